The highest BCUT2D eigenvalue weighted by molar-refractivity contribution is 6.03. The van der Waals surface area contributed by atoms with E-state index in [1.807, 2.05) is 6.07 Å². The van der Waals surface area contributed by atoms with Gasteiger partial charge in [0.25, 0.3) is 5.56 Å². The van der Waals surface area contributed by atoms with Gasteiger partial charge in [-0.05, 0) is 67.3 Å². The van der Waals surface area contributed by atoms with E-state index in [9.17, 15) is 14.4 Å². The molecule has 0 bridgehead atoms. The summed E-state index contributed by atoms with van der Waals surface area (Å²) in [4.78, 5) is 47.0. The lowest BCUT2D eigenvalue weighted by Gasteiger charge is -2.26. The van der Waals surface area contributed by atoms with E-state index in [0.717, 1.165) is 39.3 Å². The zero-order chi connectivity index (χ0) is 35.3. The van der Waals surface area contributed by atoms with Gasteiger partial charge in [0.1, 0.15) is 5.75 Å². The molecule has 1 fully saturated rings. The maximum atomic E-state index is 15.5. The van der Waals surface area contributed by atoms with E-state index < -0.39 is 17.2 Å². The molecule has 0 spiro atoms. The first kappa shape index (κ1) is 34.1. The molecule has 0 saturated carbocycles. The fourth-order valence-electron chi connectivity index (χ4n) is 6.66. The first-order valence-corrected chi connectivity index (χ1v) is 17.2. The van der Waals surface area contributed by atoms with Gasteiger partial charge >= 0.3 is 0 Å². The number of para-hydroxylation sites is 1. The van der Waals surface area contributed by atoms with Gasteiger partial charge in [-0.2, -0.15) is 0 Å². The molecule has 2 aliphatic rings. The van der Waals surface area contributed by atoms with Crippen molar-refractivity contribution in [1.82, 2.24) is 14.5 Å². The van der Waals surface area contributed by atoms with Crippen molar-refractivity contribution in [2.24, 2.45) is 0 Å². The molecule has 2 aromatic heterocycles. The lowest BCUT2D eigenvalue weighted by atomic mass is 9.91. The lowest BCUT2D eigenvalue weighted by Crippen LogP contribution is -2.37. The van der Waals surface area contributed by atoms with Crippen LogP contribution in [0.15, 0.2) is 83.8 Å². The molecule has 51 heavy (non-hydrogen) atoms. The number of ketones is 2. The highest BCUT2D eigenvalue weighted by Gasteiger charge is 2.26. The van der Waals surface area contributed by atoms with Gasteiger partial charge in [-0.3, -0.25) is 28.8 Å². The Bertz CT molecular complexity index is 2140. The minimum Gasteiger partial charge on any atom is -0.493 e. The molecule has 0 atom stereocenters. The molecule has 1 saturated heterocycles. The average Bonchev–Trinajstić information content (AvgIpc) is 3.15. The Labute approximate surface area is 294 Å². The summed E-state index contributed by atoms with van der Waals surface area (Å²) in [6.07, 6.45) is 3.72. The van der Waals surface area contributed by atoms with Gasteiger partial charge in [0.05, 0.1) is 38.0 Å². The SMILES string of the molecule is COc1cc2c(Oc3ccc(CC(=O)c4cc5c(n(-c6ccccc6)c4=O)CCCC5=O)cc3F)ccnc2cc1OCCCN1CCOCC1. The second-order valence-electron chi connectivity index (χ2n) is 12.6. The third kappa shape index (κ3) is 7.40. The van der Waals surface area contributed by atoms with E-state index in [1.165, 1.54) is 22.8 Å². The summed E-state index contributed by atoms with van der Waals surface area (Å²) in [5.74, 6) is 0.0657. The van der Waals surface area contributed by atoms with Crippen molar-refractivity contribution in [2.75, 3.05) is 46.6 Å². The average molecular weight is 692 g/mol. The second-order valence-corrected chi connectivity index (χ2v) is 12.6. The summed E-state index contributed by atoms with van der Waals surface area (Å²) in [5, 5.41) is 0.602. The Morgan fingerprint density at radius 1 is 0.922 bits per heavy atom. The highest BCUT2D eigenvalue weighted by atomic mass is 19.1. The number of hydrogen-bond donors (Lipinski definition) is 0. The predicted octanol–water partition coefficient (Wildman–Crippen LogP) is 6.37. The number of ether oxygens (including phenoxy) is 4. The smallest absolute Gasteiger partial charge is 0.266 e. The first-order valence-electron chi connectivity index (χ1n) is 17.2. The van der Waals surface area contributed by atoms with Gasteiger partial charge in [0.15, 0.2) is 34.6 Å². The molecule has 0 unspecified atom stereocenters. The van der Waals surface area contributed by atoms with E-state index in [2.05, 4.69) is 9.88 Å². The van der Waals surface area contributed by atoms with Crippen molar-refractivity contribution in [2.45, 2.75) is 32.1 Å². The zero-order valence-electron chi connectivity index (χ0n) is 28.4. The standard InChI is InChI=1S/C40H38FN3O7/c1-48-38-24-28-32(25-39(38)50-18-6-15-43-16-19-49-20-17-43)42-14-13-36(28)51-37-12-11-26(21-31(37)41)22-35(46)30-23-29-33(9-5-10-34(29)45)44(40(30)47)27-7-3-2-4-8-27/h2-4,7-8,11-14,21,23-25H,5-6,9-10,15-20,22H2,1H3. The van der Waals surface area contributed by atoms with Crippen LogP contribution in [0.2, 0.25) is 0 Å². The van der Waals surface area contributed by atoms with E-state index in [1.54, 1.807) is 61.8 Å². The largest absolute Gasteiger partial charge is 0.493 e. The molecular weight excluding hydrogens is 653 g/mol. The number of halogens is 1. The molecule has 5 aromatic rings. The number of rotatable bonds is 12. The quantitative estimate of drug-likeness (QED) is 0.109. The number of nitrogens with zero attached hydrogens (tertiary/aromatic N) is 3. The molecule has 1 aliphatic carbocycles. The van der Waals surface area contributed by atoms with Crippen LogP contribution in [0.4, 0.5) is 4.39 Å². The number of fused-ring (bicyclic) bond motifs is 2. The summed E-state index contributed by atoms with van der Waals surface area (Å²) in [7, 11) is 1.55. The van der Waals surface area contributed by atoms with Gasteiger partial charge in [0, 0.05) is 67.1 Å². The number of Topliss-reactive ketones (excluding diaryl/α,β-unsaturated/α-hetero) is 2. The number of carbonyl (C=O) groups is 2. The van der Waals surface area contributed by atoms with Crippen molar-refractivity contribution in [3.05, 3.63) is 118 Å². The third-order valence-electron chi connectivity index (χ3n) is 9.28. The Morgan fingerprint density at radius 3 is 2.53 bits per heavy atom. The summed E-state index contributed by atoms with van der Waals surface area (Å²) in [6.45, 7) is 4.76. The maximum Gasteiger partial charge on any atom is 0.266 e. The number of methoxy groups -OCH3 is 1. The van der Waals surface area contributed by atoms with E-state index in [-0.39, 0.29) is 23.5 Å². The third-order valence-corrected chi connectivity index (χ3v) is 9.28. The second kappa shape index (κ2) is 15.2. The van der Waals surface area contributed by atoms with Crippen molar-refractivity contribution in [3.8, 4) is 28.7 Å². The molecule has 262 valence electrons. The van der Waals surface area contributed by atoms with Crippen LogP contribution in [-0.2, 0) is 17.6 Å². The summed E-state index contributed by atoms with van der Waals surface area (Å²) in [5.41, 5.74) is 1.91. The Morgan fingerprint density at radius 2 is 1.75 bits per heavy atom. The Balaban J connectivity index is 1.08. The molecular formula is C40H38FN3O7. The number of carbonyl (C=O) groups excluding carboxylic acids is 2. The number of benzene rings is 3. The summed E-state index contributed by atoms with van der Waals surface area (Å²) >= 11 is 0. The lowest BCUT2D eigenvalue weighted by molar-refractivity contribution is 0.0357. The normalized spacial score (nSPS) is 14.7. The van der Waals surface area contributed by atoms with Crippen LogP contribution in [-0.4, -0.2) is 72.6 Å². The van der Waals surface area contributed by atoms with Crippen molar-refractivity contribution >= 4 is 22.5 Å². The van der Waals surface area contributed by atoms with Crippen molar-refractivity contribution in [1.29, 1.82) is 0 Å². The summed E-state index contributed by atoms with van der Waals surface area (Å²) < 4.78 is 40.1. The van der Waals surface area contributed by atoms with Crippen LogP contribution < -0.4 is 19.8 Å². The van der Waals surface area contributed by atoms with Crippen LogP contribution in [0.3, 0.4) is 0 Å². The number of morpholine rings is 1. The summed E-state index contributed by atoms with van der Waals surface area (Å²) in [6, 6.07) is 19.8. The topological polar surface area (TPSA) is 109 Å². The van der Waals surface area contributed by atoms with Crippen LogP contribution in [0, 0.1) is 5.82 Å². The van der Waals surface area contributed by atoms with Gasteiger partial charge in [-0.25, -0.2) is 4.39 Å². The predicted molar refractivity (Wildman–Crippen MR) is 189 cm³/mol. The van der Waals surface area contributed by atoms with Gasteiger partial charge in [0.2, 0.25) is 0 Å². The first-order chi connectivity index (χ1) is 24.9. The van der Waals surface area contributed by atoms with Crippen LogP contribution >= 0.6 is 0 Å². The molecule has 7 rings (SSSR count). The number of aromatic nitrogens is 2. The number of hydrogen-bond acceptors (Lipinski definition) is 9. The van der Waals surface area contributed by atoms with Crippen molar-refractivity contribution in [3.63, 3.8) is 0 Å². The number of pyridine rings is 2. The van der Waals surface area contributed by atoms with Gasteiger partial charge < -0.3 is 18.9 Å². The molecule has 3 heterocycles. The van der Waals surface area contributed by atoms with E-state index in [0.29, 0.717) is 76.5 Å². The monoisotopic (exact) mass is 691 g/mol. The minimum absolute atomic E-state index is 0.0492. The van der Waals surface area contributed by atoms with Crippen LogP contribution in [0.5, 0.6) is 23.0 Å². The molecule has 10 nitrogen and oxygen atoms in total. The fraction of sp³-hybridized carbons (Fsp3) is 0.300. The van der Waals surface area contributed by atoms with Crippen LogP contribution in [0.25, 0.3) is 16.6 Å². The highest BCUT2D eigenvalue weighted by Crippen LogP contribution is 2.38. The molecule has 1 aliphatic heterocycles. The van der Waals surface area contributed by atoms with E-state index in [4.69, 9.17) is 18.9 Å². The van der Waals surface area contributed by atoms with Crippen molar-refractivity contribution < 1.29 is 32.9 Å². The van der Waals surface area contributed by atoms with Gasteiger partial charge in [-0.15, -0.1) is 0 Å². The minimum atomic E-state index is -0.681. The van der Waals surface area contributed by atoms with Crippen LogP contribution in [0.1, 0.15) is 51.2 Å². The molecule has 3 aromatic carbocycles. The van der Waals surface area contributed by atoms with E-state index >= 15 is 4.39 Å². The zero-order valence-corrected chi connectivity index (χ0v) is 28.4. The molecule has 0 radical (unpaired) electrons. The van der Waals surface area contributed by atoms with Gasteiger partial charge in [-0.1, -0.05) is 24.3 Å². The molecule has 0 amide bonds. The maximum absolute atomic E-state index is 15.5. The fourth-order valence-corrected chi connectivity index (χ4v) is 6.66. The Kier molecular flexibility index (Phi) is 10.2. The molecule has 11 heteroatoms. The molecule has 0 N–H and O–H groups in total. The Hall–Kier alpha value is -5.39.